The zero-order valence-electron chi connectivity index (χ0n) is 17.5. The molecule has 2 aliphatic rings. The van der Waals surface area contributed by atoms with E-state index in [0.717, 1.165) is 45.9 Å². The minimum atomic E-state index is 0.0800. The molecular weight excluding hydrogens is 444 g/mol. The summed E-state index contributed by atoms with van der Waals surface area (Å²) in [7, 11) is 0. The number of hydrogen-bond donors (Lipinski definition) is 1. The molecule has 32 heavy (non-hydrogen) atoms. The minimum absolute atomic E-state index is 0.0800. The van der Waals surface area contributed by atoms with Crippen molar-refractivity contribution in [3.8, 4) is 11.5 Å². The van der Waals surface area contributed by atoms with Gasteiger partial charge in [0.25, 0.3) is 0 Å². The monoisotopic (exact) mass is 468 g/mol. The van der Waals surface area contributed by atoms with E-state index in [-0.39, 0.29) is 11.9 Å². The van der Waals surface area contributed by atoms with Crippen molar-refractivity contribution in [1.82, 2.24) is 15.1 Å². The molecule has 1 saturated heterocycles. The van der Waals surface area contributed by atoms with Crippen molar-refractivity contribution in [3.05, 3.63) is 59.7 Å². The van der Waals surface area contributed by atoms with Crippen molar-refractivity contribution in [2.24, 2.45) is 0 Å². The second kappa shape index (κ2) is 9.79. The van der Waals surface area contributed by atoms with Crippen molar-refractivity contribution in [2.75, 3.05) is 30.8 Å². The number of nitrogens with one attached hydrogen (secondary N) is 1. The summed E-state index contributed by atoms with van der Waals surface area (Å²) in [6.07, 6.45) is 1.96. The van der Waals surface area contributed by atoms with Gasteiger partial charge < -0.3 is 19.7 Å². The SMILES string of the molecule is O=C(CSc1nnc(NCc2ccccc2)s1)N1CCC[C@H]1c1ccc2c(c1)OCCO2. The Labute approximate surface area is 195 Å². The van der Waals surface area contributed by atoms with Crippen molar-refractivity contribution in [3.63, 3.8) is 0 Å². The van der Waals surface area contributed by atoms with Gasteiger partial charge in [-0.15, -0.1) is 10.2 Å². The smallest absolute Gasteiger partial charge is 0.233 e. The third-order valence-corrected chi connectivity index (χ3v) is 7.54. The maximum Gasteiger partial charge on any atom is 0.233 e. The van der Waals surface area contributed by atoms with E-state index in [2.05, 4.69) is 27.6 Å². The first kappa shape index (κ1) is 21.1. The van der Waals surface area contributed by atoms with Gasteiger partial charge in [0.1, 0.15) is 13.2 Å². The van der Waals surface area contributed by atoms with E-state index in [1.165, 1.54) is 28.7 Å². The molecule has 1 N–H and O–H groups in total. The molecule has 0 aliphatic carbocycles. The number of likely N-dealkylation sites (tertiary alicyclic amines) is 1. The summed E-state index contributed by atoms with van der Waals surface area (Å²) in [6, 6.07) is 16.3. The molecule has 1 atom stereocenters. The van der Waals surface area contributed by atoms with Gasteiger partial charge in [-0.2, -0.15) is 0 Å². The van der Waals surface area contributed by atoms with Crippen LogP contribution in [0.1, 0.15) is 30.0 Å². The average molecular weight is 469 g/mol. The number of ether oxygens (including phenoxy) is 2. The molecule has 3 aromatic rings. The third kappa shape index (κ3) is 4.83. The molecule has 5 rings (SSSR count). The lowest BCUT2D eigenvalue weighted by molar-refractivity contribution is -0.129. The number of fused-ring (bicyclic) bond motifs is 1. The summed E-state index contributed by atoms with van der Waals surface area (Å²) in [5, 5.41) is 12.5. The number of anilines is 1. The second-order valence-electron chi connectivity index (χ2n) is 7.65. The Morgan fingerprint density at radius 3 is 2.84 bits per heavy atom. The number of aromatic nitrogens is 2. The fourth-order valence-corrected chi connectivity index (χ4v) is 5.63. The Kier molecular flexibility index (Phi) is 6.45. The van der Waals surface area contributed by atoms with Gasteiger partial charge in [0.2, 0.25) is 11.0 Å². The Balaban J connectivity index is 1.17. The number of rotatable bonds is 7. The van der Waals surface area contributed by atoms with Crippen molar-refractivity contribution >= 4 is 34.1 Å². The van der Waals surface area contributed by atoms with E-state index in [1.54, 1.807) is 0 Å². The van der Waals surface area contributed by atoms with Gasteiger partial charge in [0.15, 0.2) is 15.8 Å². The molecule has 9 heteroatoms. The van der Waals surface area contributed by atoms with Crippen LogP contribution in [-0.4, -0.2) is 46.5 Å². The molecule has 2 aromatic carbocycles. The molecule has 1 fully saturated rings. The predicted molar refractivity (Wildman–Crippen MR) is 126 cm³/mol. The van der Waals surface area contributed by atoms with Crippen LogP contribution in [0.3, 0.4) is 0 Å². The number of amides is 1. The third-order valence-electron chi connectivity index (χ3n) is 5.54. The Morgan fingerprint density at radius 1 is 1.12 bits per heavy atom. The van der Waals surface area contributed by atoms with Gasteiger partial charge in [-0.05, 0) is 36.1 Å². The molecular formula is C23H24N4O3S2. The number of benzene rings is 2. The van der Waals surface area contributed by atoms with E-state index < -0.39 is 0 Å². The highest BCUT2D eigenvalue weighted by molar-refractivity contribution is 8.01. The number of carbonyl (C=O) groups excluding carboxylic acids is 1. The van der Waals surface area contributed by atoms with E-state index in [0.29, 0.717) is 25.5 Å². The standard InChI is InChI=1S/C23H24N4O3S2/c28-21(15-31-23-26-25-22(32-23)24-14-16-5-2-1-3-6-16)27-10-4-7-18(27)17-8-9-19-20(13-17)30-12-11-29-19/h1-3,5-6,8-9,13,18H,4,7,10-12,14-15H2,(H,24,25)/t18-/m0/s1. The topological polar surface area (TPSA) is 76.6 Å². The molecule has 7 nitrogen and oxygen atoms in total. The Bertz CT molecular complexity index is 1080. The summed E-state index contributed by atoms with van der Waals surface area (Å²) >= 11 is 2.92. The Hall–Kier alpha value is -2.78. The highest BCUT2D eigenvalue weighted by Crippen LogP contribution is 2.38. The summed E-state index contributed by atoms with van der Waals surface area (Å²) in [5.41, 5.74) is 2.29. The normalized spacial score (nSPS) is 17.4. The first-order valence-corrected chi connectivity index (χ1v) is 12.5. The van der Waals surface area contributed by atoms with Crippen LogP contribution in [0.5, 0.6) is 11.5 Å². The lowest BCUT2D eigenvalue weighted by atomic mass is 10.0. The van der Waals surface area contributed by atoms with Gasteiger partial charge in [-0.25, -0.2) is 0 Å². The van der Waals surface area contributed by atoms with Crippen molar-refractivity contribution in [2.45, 2.75) is 29.8 Å². The lowest BCUT2D eigenvalue weighted by Gasteiger charge is -2.26. The van der Waals surface area contributed by atoms with E-state index in [9.17, 15) is 4.79 Å². The fourth-order valence-electron chi connectivity index (χ4n) is 4.00. The van der Waals surface area contributed by atoms with Crippen LogP contribution in [0.15, 0.2) is 52.9 Å². The van der Waals surface area contributed by atoms with Gasteiger partial charge >= 0.3 is 0 Å². The van der Waals surface area contributed by atoms with E-state index in [4.69, 9.17) is 9.47 Å². The van der Waals surface area contributed by atoms with Gasteiger partial charge in [0.05, 0.1) is 11.8 Å². The van der Waals surface area contributed by atoms with Crippen LogP contribution < -0.4 is 14.8 Å². The summed E-state index contributed by atoms with van der Waals surface area (Å²) < 4.78 is 12.1. The average Bonchev–Trinajstić information content (AvgIpc) is 3.51. The van der Waals surface area contributed by atoms with Gasteiger partial charge in [0, 0.05) is 13.1 Å². The van der Waals surface area contributed by atoms with Crippen LogP contribution >= 0.6 is 23.1 Å². The molecule has 2 aliphatic heterocycles. The molecule has 0 saturated carbocycles. The summed E-state index contributed by atoms with van der Waals surface area (Å²) in [5.74, 6) is 2.03. The zero-order chi connectivity index (χ0) is 21.8. The largest absolute Gasteiger partial charge is 0.486 e. The first-order chi connectivity index (χ1) is 15.8. The minimum Gasteiger partial charge on any atom is -0.486 e. The van der Waals surface area contributed by atoms with Crippen LogP contribution in [-0.2, 0) is 11.3 Å². The highest BCUT2D eigenvalue weighted by atomic mass is 32.2. The number of nitrogens with zero attached hydrogens (tertiary/aromatic N) is 3. The van der Waals surface area contributed by atoms with Gasteiger partial charge in [-0.1, -0.05) is 59.5 Å². The quantitative estimate of drug-likeness (QED) is 0.516. The molecule has 0 bridgehead atoms. The second-order valence-corrected chi connectivity index (χ2v) is 9.85. The summed E-state index contributed by atoms with van der Waals surface area (Å²) in [6.45, 7) is 2.61. The van der Waals surface area contributed by atoms with Crippen molar-refractivity contribution < 1.29 is 14.3 Å². The van der Waals surface area contributed by atoms with Crippen molar-refractivity contribution in [1.29, 1.82) is 0 Å². The molecule has 1 amide bonds. The van der Waals surface area contributed by atoms with Crippen LogP contribution in [0.4, 0.5) is 5.13 Å². The molecule has 3 heterocycles. The molecule has 0 spiro atoms. The maximum absolute atomic E-state index is 13.0. The lowest BCUT2D eigenvalue weighted by Crippen LogP contribution is -2.32. The molecule has 166 valence electrons. The van der Waals surface area contributed by atoms with Gasteiger partial charge in [-0.3, -0.25) is 4.79 Å². The van der Waals surface area contributed by atoms with Crippen LogP contribution in [0.2, 0.25) is 0 Å². The predicted octanol–water partition coefficient (Wildman–Crippen LogP) is 4.38. The molecule has 0 unspecified atom stereocenters. The highest BCUT2D eigenvalue weighted by Gasteiger charge is 2.31. The van der Waals surface area contributed by atoms with E-state index in [1.807, 2.05) is 41.3 Å². The first-order valence-electron chi connectivity index (χ1n) is 10.7. The number of carbonyl (C=O) groups is 1. The maximum atomic E-state index is 13.0. The van der Waals surface area contributed by atoms with Crippen LogP contribution in [0.25, 0.3) is 0 Å². The Morgan fingerprint density at radius 2 is 1.97 bits per heavy atom. The fraction of sp³-hybridized carbons (Fsp3) is 0.348. The van der Waals surface area contributed by atoms with Crippen LogP contribution in [0, 0.1) is 0 Å². The number of hydrogen-bond acceptors (Lipinski definition) is 8. The molecule has 1 aromatic heterocycles. The zero-order valence-corrected chi connectivity index (χ0v) is 19.2. The van der Waals surface area contributed by atoms with E-state index >= 15 is 0 Å². The number of thioether (sulfide) groups is 1. The summed E-state index contributed by atoms with van der Waals surface area (Å²) in [4.78, 5) is 15.0. The molecule has 0 radical (unpaired) electrons.